The van der Waals surface area contributed by atoms with E-state index >= 15 is 0 Å². The molecule has 0 radical (unpaired) electrons. The number of benzene rings is 1. The van der Waals surface area contributed by atoms with Crippen LogP contribution in [0.1, 0.15) is 58.1 Å². The quantitative estimate of drug-likeness (QED) is 0.608. The lowest BCUT2D eigenvalue weighted by atomic mass is 9.90. The fourth-order valence-electron chi connectivity index (χ4n) is 2.00. The van der Waals surface area contributed by atoms with Crippen LogP contribution in [0.5, 0.6) is 0 Å². The van der Waals surface area contributed by atoms with Gasteiger partial charge in [0, 0.05) is 6.04 Å². The van der Waals surface area contributed by atoms with E-state index in [1.807, 2.05) is 30.3 Å². The summed E-state index contributed by atoms with van der Waals surface area (Å²) in [7, 11) is 0. The van der Waals surface area contributed by atoms with Crippen molar-refractivity contribution in [3.05, 3.63) is 35.9 Å². The first-order chi connectivity index (χ1) is 9.38. The summed E-state index contributed by atoms with van der Waals surface area (Å²) in [5.74, 6) is -0.211. The predicted octanol–water partition coefficient (Wildman–Crippen LogP) is 3.84. The highest BCUT2D eigenvalue weighted by molar-refractivity contribution is 5.70. The predicted molar refractivity (Wildman–Crippen MR) is 82.3 cm³/mol. The highest BCUT2D eigenvalue weighted by Crippen LogP contribution is 2.21. The van der Waals surface area contributed by atoms with E-state index in [0.717, 1.165) is 24.8 Å². The summed E-state index contributed by atoms with van der Waals surface area (Å²) in [4.78, 5) is 11.7. The number of hydrogen-bond donors (Lipinski definition) is 1. The standard InChI is InChI=1S/C17H27NO2/c1-17(2,3)11-7-8-12-20-16(19)13-15(18)14-9-5-4-6-10-14/h4-6,9-10,15H,7-8,11-13,18H2,1-3H3. The largest absolute Gasteiger partial charge is 0.466 e. The summed E-state index contributed by atoms with van der Waals surface area (Å²) >= 11 is 0. The highest BCUT2D eigenvalue weighted by Gasteiger charge is 2.13. The van der Waals surface area contributed by atoms with Crippen LogP contribution in [-0.2, 0) is 9.53 Å². The summed E-state index contributed by atoms with van der Waals surface area (Å²) < 4.78 is 5.23. The van der Waals surface area contributed by atoms with Crippen LogP contribution >= 0.6 is 0 Å². The third-order valence-corrected chi connectivity index (χ3v) is 3.20. The minimum absolute atomic E-state index is 0.211. The van der Waals surface area contributed by atoms with Gasteiger partial charge < -0.3 is 10.5 Å². The van der Waals surface area contributed by atoms with Crippen molar-refractivity contribution in [3.63, 3.8) is 0 Å². The maximum absolute atomic E-state index is 11.7. The molecule has 0 aliphatic carbocycles. The molecule has 112 valence electrons. The Morgan fingerprint density at radius 1 is 1.20 bits per heavy atom. The minimum Gasteiger partial charge on any atom is -0.466 e. The van der Waals surface area contributed by atoms with E-state index in [4.69, 9.17) is 10.5 Å². The van der Waals surface area contributed by atoms with Crippen LogP contribution in [0.3, 0.4) is 0 Å². The van der Waals surface area contributed by atoms with E-state index in [1.165, 1.54) is 0 Å². The Balaban J connectivity index is 2.18. The zero-order valence-corrected chi connectivity index (χ0v) is 12.9. The molecule has 2 N–H and O–H groups in total. The van der Waals surface area contributed by atoms with Gasteiger partial charge in [0.15, 0.2) is 0 Å². The van der Waals surface area contributed by atoms with Crippen LogP contribution < -0.4 is 5.73 Å². The summed E-state index contributed by atoms with van der Waals surface area (Å²) in [6.07, 6.45) is 3.39. The number of ether oxygens (including phenoxy) is 1. The molecule has 0 aromatic heterocycles. The number of carbonyl (C=O) groups is 1. The Hall–Kier alpha value is -1.35. The van der Waals surface area contributed by atoms with E-state index in [2.05, 4.69) is 20.8 Å². The van der Waals surface area contributed by atoms with Crippen LogP contribution in [0, 0.1) is 5.41 Å². The summed E-state index contributed by atoms with van der Waals surface area (Å²) in [5, 5.41) is 0. The Morgan fingerprint density at radius 2 is 1.85 bits per heavy atom. The average Bonchev–Trinajstić information content (AvgIpc) is 2.38. The molecule has 1 aromatic carbocycles. The first kappa shape index (κ1) is 16.7. The van der Waals surface area contributed by atoms with Gasteiger partial charge in [-0.3, -0.25) is 4.79 Å². The fourth-order valence-corrected chi connectivity index (χ4v) is 2.00. The molecule has 0 bridgehead atoms. The number of rotatable bonds is 7. The Kier molecular flexibility index (Phi) is 6.73. The Morgan fingerprint density at radius 3 is 2.45 bits per heavy atom. The summed E-state index contributed by atoms with van der Waals surface area (Å²) in [6, 6.07) is 9.37. The van der Waals surface area contributed by atoms with E-state index in [9.17, 15) is 4.79 Å². The number of nitrogens with two attached hydrogens (primary N) is 1. The van der Waals surface area contributed by atoms with E-state index < -0.39 is 0 Å². The van der Waals surface area contributed by atoms with Gasteiger partial charge in [-0.1, -0.05) is 51.1 Å². The molecule has 20 heavy (non-hydrogen) atoms. The van der Waals surface area contributed by atoms with Crippen molar-refractivity contribution < 1.29 is 9.53 Å². The average molecular weight is 277 g/mol. The van der Waals surface area contributed by atoms with Gasteiger partial charge in [0.1, 0.15) is 0 Å². The van der Waals surface area contributed by atoms with Gasteiger partial charge in [0.2, 0.25) is 0 Å². The molecule has 3 nitrogen and oxygen atoms in total. The second-order valence-corrected chi connectivity index (χ2v) is 6.46. The fraction of sp³-hybridized carbons (Fsp3) is 0.588. The van der Waals surface area contributed by atoms with Crippen molar-refractivity contribution >= 4 is 5.97 Å². The molecule has 1 aromatic rings. The van der Waals surface area contributed by atoms with Gasteiger partial charge in [-0.2, -0.15) is 0 Å². The number of esters is 1. The van der Waals surface area contributed by atoms with Gasteiger partial charge in [-0.25, -0.2) is 0 Å². The lowest BCUT2D eigenvalue weighted by Gasteiger charge is -2.17. The molecule has 0 saturated carbocycles. The smallest absolute Gasteiger partial charge is 0.307 e. The maximum atomic E-state index is 11.7. The van der Waals surface area contributed by atoms with Crippen molar-refractivity contribution in [2.45, 2.75) is 52.5 Å². The molecule has 0 heterocycles. The maximum Gasteiger partial charge on any atom is 0.307 e. The van der Waals surface area contributed by atoms with Crippen molar-refractivity contribution in [1.29, 1.82) is 0 Å². The number of carbonyl (C=O) groups excluding carboxylic acids is 1. The van der Waals surface area contributed by atoms with E-state index in [1.54, 1.807) is 0 Å². The molecule has 1 rings (SSSR count). The minimum atomic E-state index is -0.279. The molecule has 0 spiro atoms. The zero-order chi connectivity index (χ0) is 15.0. The van der Waals surface area contributed by atoms with E-state index in [0.29, 0.717) is 12.0 Å². The second-order valence-electron chi connectivity index (χ2n) is 6.46. The first-order valence-electron chi connectivity index (χ1n) is 7.34. The van der Waals surface area contributed by atoms with Crippen LogP contribution in [0.4, 0.5) is 0 Å². The molecule has 0 saturated heterocycles. The lowest BCUT2D eigenvalue weighted by molar-refractivity contribution is -0.144. The molecule has 1 unspecified atom stereocenters. The molecule has 0 aliphatic heterocycles. The highest BCUT2D eigenvalue weighted by atomic mass is 16.5. The van der Waals surface area contributed by atoms with Gasteiger partial charge in [0.05, 0.1) is 13.0 Å². The van der Waals surface area contributed by atoms with Gasteiger partial charge in [-0.05, 0) is 30.2 Å². The molecule has 1 atom stereocenters. The van der Waals surface area contributed by atoms with Crippen LogP contribution in [0.2, 0.25) is 0 Å². The Labute approximate surface area is 122 Å². The van der Waals surface area contributed by atoms with Crippen molar-refractivity contribution in [3.8, 4) is 0 Å². The van der Waals surface area contributed by atoms with Crippen molar-refractivity contribution in [2.24, 2.45) is 11.1 Å². The van der Waals surface area contributed by atoms with Gasteiger partial charge >= 0.3 is 5.97 Å². The van der Waals surface area contributed by atoms with Gasteiger partial charge in [0.25, 0.3) is 0 Å². The third kappa shape index (κ3) is 7.29. The van der Waals surface area contributed by atoms with Crippen molar-refractivity contribution in [2.75, 3.05) is 6.61 Å². The number of hydrogen-bond acceptors (Lipinski definition) is 3. The number of unbranched alkanes of at least 4 members (excludes halogenated alkanes) is 1. The lowest BCUT2D eigenvalue weighted by Crippen LogP contribution is -2.17. The van der Waals surface area contributed by atoms with Gasteiger partial charge in [-0.15, -0.1) is 0 Å². The molecule has 0 aliphatic rings. The molecule has 3 heteroatoms. The van der Waals surface area contributed by atoms with Crippen molar-refractivity contribution in [1.82, 2.24) is 0 Å². The molecular formula is C17H27NO2. The molecule has 0 amide bonds. The normalized spacial score (nSPS) is 13.0. The zero-order valence-electron chi connectivity index (χ0n) is 12.9. The van der Waals surface area contributed by atoms with E-state index in [-0.39, 0.29) is 18.4 Å². The topological polar surface area (TPSA) is 52.3 Å². The first-order valence-corrected chi connectivity index (χ1v) is 7.34. The van der Waals surface area contributed by atoms with Crippen LogP contribution in [-0.4, -0.2) is 12.6 Å². The van der Waals surface area contributed by atoms with Crippen LogP contribution in [0.15, 0.2) is 30.3 Å². The molecule has 0 fully saturated rings. The molecular weight excluding hydrogens is 250 g/mol. The van der Waals surface area contributed by atoms with Crippen LogP contribution in [0.25, 0.3) is 0 Å². The third-order valence-electron chi connectivity index (χ3n) is 3.20. The summed E-state index contributed by atoms with van der Waals surface area (Å²) in [5.41, 5.74) is 7.30. The summed E-state index contributed by atoms with van der Waals surface area (Å²) in [6.45, 7) is 7.16. The second kappa shape index (κ2) is 8.05. The monoisotopic (exact) mass is 277 g/mol. The SMILES string of the molecule is CC(C)(C)CCCCOC(=O)CC(N)c1ccccc1. The Bertz CT molecular complexity index is 395.